The second-order valence-corrected chi connectivity index (χ2v) is 16.3. The van der Waals surface area contributed by atoms with E-state index in [-0.39, 0.29) is 62.7 Å². The van der Waals surface area contributed by atoms with Gasteiger partial charge in [0.15, 0.2) is 5.82 Å². The molecule has 0 radical (unpaired) electrons. The molecule has 1 saturated carbocycles. The Hall–Kier alpha value is -5.16. The average Bonchev–Trinajstić information content (AvgIpc) is 3.65. The van der Waals surface area contributed by atoms with Crippen molar-refractivity contribution in [1.82, 2.24) is 34.6 Å². The van der Waals surface area contributed by atoms with Crippen molar-refractivity contribution in [2.24, 2.45) is 13.0 Å². The smallest absolute Gasteiger partial charge is 0.300 e. The van der Waals surface area contributed by atoms with E-state index in [2.05, 4.69) is 36.8 Å². The molecule has 20 heteroatoms. The van der Waals surface area contributed by atoms with Crippen LogP contribution in [0.1, 0.15) is 72.6 Å². The van der Waals surface area contributed by atoms with Crippen molar-refractivity contribution in [1.29, 1.82) is 0 Å². The van der Waals surface area contributed by atoms with E-state index in [4.69, 9.17) is 16.6 Å². The van der Waals surface area contributed by atoms with E-state index in [1.54, 1.807) is 12.1 Å². The maximum atomic E-state index is 15.4. The molecule has 0 bridgehead atoms. The standard InChI is InChI=1S/C37H33ClF6N8O4S/c1-36(2,54)10-9-20-5-6-21(22-7-8-25(38)29-32(22)51(4)49-35(29)50-57(55,56)45-3)30(46-20)26(13-17-11-18(39)14-19(40)12-17)47-27(53)16-52-33-28(31(48-52)34(41)42)23-15-24(23)37(33,43)44/h5-8,11-12,14,23-24,26,34,45,54H,13,15-16H2,1-4H3,(H,47,53)(H,49,50)/t23-,24+,26-/m0/s1. The number of rotatable bonds is 11. The van der Waals surface area contributed by atoms with Crippen molar-refractivity contribution in [3.05, 3.63) is 93.0 Å². The van der Waals surface area contributed by atoms with Gasteiger partial charge >= 0.3 is 0 Å². The molecule has 1 fully saturated rings. The minimum atomic E-state index is -4.07. The third kappa shape index (κ3) is 7.78. The molecule has 7 rings (SSSR count). The van der Waals surface area contributed by atoms with Gasteiger partial charge in [-0.2, -0.15) is 27.4 Å². The molecule has 5 aromatic rings. The zero-order valence-electron chi connectivity index (χ0n) is 30.4. The molecular weight excluding hydrogens is 802 g/mol. The van der Waals surface area contributed by atoms with Crippen LogP contribution in [-0.2, 0) is 40.9 Å². The molecule has 2 aliphatic rings. The van der Waals surface area contributed by atoms with Crippen molar-refractivity contribution in [3.8, 4) is 23.0 Å². The third-order valence-electron chi connectivity index (χ3n) is 9.64. The number of alkyl halides is 4. The van der Waals surface area contributed by atoms with E-state index in [9.17, 15) is 35.9 Å². The first kappa shape index (κ1) is 40.1. The van der Waals surface area contributed by atoms with Crippen molar-refractivity contribution in [3.63, 3.8) is 0 Å². The summed E-state index contributed by atoms with van der Waals surface area (Å²) in [5.41, 5.74) is -2.32. The summed E-state index contributed by atoms with van der Waals surface area (Å²) >= 11 is 6.59. The second-order valence-electron chi connectivity index (χ2n) is 14.3. The van der Waals surface area contributed by atoms with E-state index in [0.29, 0.717) is 16.3 Å². The van der Waals surface area contributed by atoms with Crippen LogP contribution in [0.2, 0.25) is 5.02 Å². The lowest BCUT2D eigenvalue weighted by Gasteiger charge is -2.23. The number of hydrogen-bond donors (Lipinski definition) is 4. The maximum absolute atomic E-state index is 15.4. The summed E-state index contributed by atoms with van der Waals surface area (Å²) in [5.74, 6) is -3.09. The molecule has 0 unspecified atom stereocenters. The van der Waals surface area contributed by atoms with Gasteiger partial charge in [-0.05, 0) is 74.4 Å². The van der Waals surface area contributed by atoms with Gasteiger partial charge in [0, 0.05) is 42.8 Å². The van der Waals surface area contributed by atoms with Crippen molar-refractivity contribution >= 4 is 44.4 Å². The van der Waals surface area contributed by atoms with E-state index in [0.717, 1.165) is 12.1 Å². The summed E-state index contributed by atoms with van der Waals surface area (Å²) in [7, 11) is -1.37. The number of carbonyl (C=O) groups excluding carboxylic acids is 1. The fraction of sp³-hybridized carbons (Fsp3) is 0.351. The zero-order valence-corrected chi connectivity index (χ0v) is 32.0. The SMILES string of the molecule is CNS(=O)(=O)Nc1nn(C)c2c(-c3ccc(C#CC(C)(C)O)nc3[C@H](Cc3cc(F)cc(F)c3)NC(=O)Cn3nc(C(F)F)c4c3C(F)(F)[C@@H]3C[C@H]43)ccc(Cl)c12. The number of carbonyl (C=O) groups is 1. The van der Waals surface area contributed by atoms with Gasteiger partial charge in [-0.3, -0.25) is 18.9 Å². The number of fused-ring (bicyclic) bond motifs is 4. The highest BCUT2D eigenvalue weighted by atomic mass is 35.5. The zero-order chi connectivity index (χ0) is 41.4. The van der Waals surface area contributed by atoms with Gasteiger partial charge in [0.25, 0.3) is 22.6 Å². The first-order chi connectivity index (χ1) is 26.7. The predicted molar refractivity (Wildman–Crippen MR) is 197 cm³/mol. The van der Waals surface area contributed by atoms with E-state index in [1.165, 1.54) is 44.8 Å². The Labute approximate surface area is 326 Å². The molecule has 2 aromatic carbocycles. The molecule has 3 heterocycles. The van der Waals surface area contributed by atoms with E-state index >= 15 is 8.78 Å². The Bertz CT molecular complexity index is 2610. The molecule has 300 valence electrons. The topological polar surface area (TPSA) is 156 Å². The number of hydrogen-bond acceptors (Lipinski definition) is 7. The van der Waals surface area contributed by atoms with Crippen LogP contribution in [0.25, 0.3) is 22.0 Å². The van der Waals surface area contributed by atoms with Crippen LogP contribution >= 0.6 is 11.6 Å². The van der Waals surface area contributed by atoms with E-state index < -0.39 is 81.5 Å². The van der Waals surface area contributed by atoms with Crippen LogP contribution in [0.3, 0.4) is 0 Å². The summed E-state index contributed by atoms with van der Waals surface area (Å²) in [5, 5.41) is 21.3. The van der Waals surface area contributed by atoms with Crippen LogP contribution in [0, 0.1) is 29.4 Å². The highest BCUT2D eigenvalue weighted by molar-refractivity contribution is 7.90. The molecule has 0 aliphatic heterocycles. The Kier molecular flexibility index (Phi) is 10.1. The number of pyridine rings is 1. The highest BCUT2D eigenvalue weighted by Crippen LogP contribution is 2.68. The lowest BCUT2D eigenvalue weighted by Crippen LogP contribution is -2.35. The minimum absolute atomic E-state index is 0.0164. The number of benzene rings is 2. The second kappa shape index (κ2) is 14.3. The summed E-state index contributed by atoms with van der Waals surface area (Å²) in [4.78, 5) is 18.6. The molecule has 57 heavy (non-hydrogen) atoms. The Morgan fingerprint density at radius 3 is 2.42 bits per heavy atom. The van der Waals surface area contributed by atoms with Gasteiger partial charge in [-0.15, -0.1) is 0 Å². The summed E-state index contributed by atoms with van der Waals surface area (Å²) < 4.78 is 119. The monoisotopic (exact) mass is 834 g/mol. The van der Waals surface area contributed by atoms with Gasteiger partial charge < -0.3 is 10.4 Å². The molecular formula is C37H33ClF6N8O4S. The van der Waals surface area contributed by atoms with Gasteiger partial charge in [-0.25, -0.2) is 27.3 Å². The number of amides is 1. The van der Waals surface area contributed by atoms with Gasteiger partial charge in [0.2, 0.25) is 5.91 Å². The van der Waals surface area contributed by atoms with Crippen molar-refractivity contribution in [2.75, 3.05) is 11.8 Å². The number of halogens is 7. The van der Waals surface area contributed by atoms with Gasteiger partial charge in [0.05, 0.1) is 27.7 Å². The number of nitrogens with one attached hydrogen (secondary N) is 3. The molecule has 1 amide bonds. The molecule has 0 spiro atoms. The van der Waals surface area contributed by atoms with Crippen LogP contribution < -0.4 is 14.8 Å². The molecule has 4 N–H and O–H groups in total. The van der Waals surface area contributed by atoms with Gasteiger partial charge in [-0.1, -0.05) is 23.6 Å². The Balaban J connectivity index is 1.39. The third-order valence-corrected chi connectivity index (χ3v) is 11.0. The number of aryl methyl sites for hydroxylation is 1. The van der Waals surface area contributed by atoms with Gasteiger partial charge in [0.1, 0.15) is 40.9 Å². The van der Waals surface area contributed by atoms with Crippen molar-refractivity contribution in [2.45, 2.75) is 63.1 Å². The number of aromatic nitrogens is 5. The fourth-order valence-corrected chi connectivity index (χ4v) is 7.98. The molecule has 12 nitrogen and oxygen atoms in total. The number of nitrogens with zero attached hydrogens (tertiary/aromatic N) is 5. The normalized spacial score (nSPS) is 17.6. The quantitative estimate of drug-likeness (QED) is 0.0939. The highest BCUT2D eigenvalue weighted by Gasteiger charge is 2.67. The van der Waals surface area contributed by atoms with Crippen LogP contribution in [0.15, 0.2) is 42.5 Å². The lowest BCUT2D eigenvalue weighted by atomic mass is 9.93. The lowest BCUT2D eigenvalue weighted by molar-refractivity contribution is -0.123. The largest absolute Gasteiger partial charge is 0.378 e. The first-order valence-corrected chi connectivity index (χ1v) is 19.2. The summed E-state index contributed by atoms with van der Waals surface area (Å²) in [6.45, 7) is 1.94. The van der Waals surface area contributed by atoms with E-state index in [1.807, 2.05) is 0 Å². The summed E-state index contributed by atoms with van der Waals surface area (Å²) in [6, 6.07) is 7.42. The molecule has 0 saturated heterocycles. The van der Waals surface area contributed by atoms with Crippen LogP contribution in [0.5, 0.6) is 0 Å². The summed E-state index contributed by atoms with van der Waals surface area (Å²) in [6.07, 6.45) is -3.51. The van der Waals surface area contributed by atoms with Crippen molar-refractivity contribution < 1.29 is 44.7 Å². The number of aliphatic hydroxyl groups is 1. The predicted octanol–water partition coefficient (Wildman–Crippen LogP) is 6.01. The maximum Gasteiger partial charge on any atom is 0.300 e. The Morgan fingerprint density at radius 2 is 1.77 bits per heavy atom. The molecule has 2 aliphatic carbocycles. The molecule has 3 atom stereocenters. The molecule has 3 aromatic heterocycles. The average molecular weight is 835 g/mol. The Morgan fingerprint density at radius 1 is 1.09 bits per heavy atom. The first-order valence-electron chi connectivity index (χ1n) is 17.3. The number of anilines is 1. The van der Waals surface area contributed by atoms with Crippen LogP contribution in [0.4, 0.5) is 32.2 Å². The minimum Gasteiger partial charge on any atom is -0.378 e. The fourth-order valence-electron chi connectivity index (χ4n) is 7.23. The van der Waals surface area contributed by atoms with Crippen LogP contribution in [-0.4, -0.2) is 56.6 Å².